The molecular formula is C56H36N6S2. The van der Waals surface area contributed by atoms with Crippen molar-refractivity contribution >= 4 is 101 Å². The summed E-state index contributed by atoms with van der Waals surface area (Å²) in [6, 6.07) is 53.1. The number of rotatable bonds is 6. The summed E-state index contributed by atoms with van der Waals surface area (Å²) in [4.78, 5) is 18.7. The van der Waals surface area contributed by atoms with Gasteiger partial charge in [0, 0.05) is 49.4 Å². The summed E-state index contributed by atoms with van der Waals surface area (Å²) in [5.41, 5.74) is 19.6. The van der Waals surface area contributed by atoms with Crippen molar-refractivity contribution in [1.82, 2.24) is 19.1 Å². The molecule has 64 heavy (non-hydrogen) atoms. The largest absolute Gasteiger partial charge is 0.309 e. The summed E-state index contributed by atoms with van der Waals surface area (Å²) in [6.45, 7) is 8.83. The monoisotopic (exact) mass is 856 g/mol. The van der Waals surface area contributed by atoms with Crippen molar-refractivity contribution in [3.05, 3.63) is 168 Å². The van der Waals surface area contributed by atoms with Crippen LogP contribution in [0.5, 0.6) is 0 Å². The number of aliphatic imine (C=N–C) groups is 2. The molecule has 3 heterocycles. The lowest BCUT2D eigenvalue weighted by Crippen LogP contribution is -1.99. The first-order valence-corrected chi connectivity index (χ1v) is 22.0. The Morgan fingerprint density at radius 1 is 0.422 bits per heavy atom. The molecule has 0 radical (unpaired) electrons. The minimum absolute atomic E-state index is 0.257. The van der Waals surface area contributed by atoms with E-state index in [0.717, 1.165) is 66.9 Å². The molecule has 0 unspecified atom stereocenters. The van der Waals surface area contributed by atoms with Crippen LogP contribution in [0.15, 0.2) is 156 Å². The van der Waals surface area contributed by atoms with Gasteiger partial charge < -0.3 is 9.13 Å². The van der Waals surface area contributed by atoms with E-state index >= 15 is 0 Å². The zero-order chi connectivity index (χ0) is 43.4. The van der Waals surface area contributed by atoms with Crippen LogP contribution in [0.4, 0.5) is 11.6 Å². The SMILES string of the molecule is Cc1cc(-n2c3ccccc3c3ccccc32)c(C)cc1-c1cc2c3c(cc(-c4cc(C)c(-n5c6ccccc6c6ccccc65)cc4C)cc3c1)-c1nc(N=C=S)c(N=C=S)nc1-2. The summed E-state index contributed by atoms with van der Waals surface area (Å²) in [7, 11) is 0. The maximum atomic E-state index is 5.06. The quantitative estimate of drug-likeness (QED) is 0.123. The first-order valence-electron chi connectivity index (χ1n) is 21.2. The molecule has 12 rings (SSSR count). The van der Waals surface area contributed by atoms with Crippen molar-refractivity contribution in [1.29, 1.82) is 0 Å². The van der Waals surface area contributed by atoms with Gasteiger partial charge in [-0.05, 0) is 175 Å². The maximum Gasteiger partial charge on any atom is 0.209 e. The summed E-state index contributed by atoms with van der Waals surface area (Å²) in [6.07, 6.45) is 0. The van der Waals surface area contributed by atoms with Crippen molar-refractivity contribution in [3.8, 4) is 56.1 Å². The van der Waals surface area contributed by atoms with Gasteiger partial charge in [-0.3, -0.25) is 0 Å². The third kappa shape index (κ3) is 5.58. The van der Waals surface area contributed by atoms with Crippen LogP contribution in [-0.2, 0) is 0 Å². The lowest BCUT2D eigenvalue weighted by molar-refractivity contribution is 1.14. The van der Waals surface area contributed by atoms with Crippen LogP contribution in [0.1, 0.15) is 22.3 Å². The molecule has 1 aliphatic carbocycles. The molecule has 11 aromatic rings. The fraction of sp³-hybridized carbons (Fsp3) is 0.0714. The molecular weight excluding hydrogens is 821 g/mol. The van der Waals surface area contributed by atoms with Gasteiger partial charge in [-0.1, -0.05) is 72.8 Å². The zero-order valence-electron chi connectivity index (χ0n) is 35.4. The molecule has 1 aliphatic rings. The number of thiocarbonyl (C=S) groups is 2. The highest BCUT2D eigenvalue weighted by Crippen LogP contribution is 2.51. The van der Waals surface area contributed by atoms with Crippen LogP contribution in [0.2, 0.25) is 0 Å². The number of hydrogen-bond acceptors (Lipinski definition) is 6. The van der Waals surface area contributed by atoms with Crippen molar-refractivity contribution < 1.29 is 0 Å². The molecule has 0 amide bonds. The highest BCUT2D eigenvalue weighted by Gasteiger charge is 2.29. The smallest absolute Gasteiger partial charge is 0.209 e. The highest BCUT2D eigenvalue weighted by molar-refractivity contribution is 7.78. The molecule has 0 spiro atoms. The van der Waals surface area contributed by atoms with Gasteiger partial charge in [-0.15, -0.1) is 0 Å². The van der Waals surface area contributed by atoms with Gasteiger partial charge in [0.1, 0.15) is 0 Å². The molecule has 302 valence electrons. The van der Waals surface area contributed by atoms with Gasteiger partial charge in [-0.25, -0.2) is 9.97 Å². The molecule has 0 N–H and O–H groups in total. The van der Waals surface area contributed by atoms with Gasteiger partial charge >= 0.3 is 0 Å². The molecule has 0 atom stereocenters. The van der Waals surface area contributed by atoms with E-state index in [1.54, 1.807) is 0 Å². The first kappa shape index (κ1) is 38.0. The molecule has 8 aromatic carbocycles. The van der Waals surface area contributed by atoms with Crippen LogP contribution in [-0.4, -0.2) is 29.4 Å². The average molecular weight is 857 g/mol. The third-order valence-electron chi connectivity index (χ3n) is 13.1. The van der Waals surface area contributed by atoms with E-state index in [1.165, 1.54) is 65.9 Å². The molecule has 0 aliphatic heterocycles. The zero-order valence-corrected chi connectivity index (χ0v) is 37.0. The molecule has 3 aromatic heterocycles. The molecule has 0 saturated carbocycles. The van der Waals surface area contributed by atoms with Crippen LogP contribution in [0.25, 0.3) is 111 Å². The van der Waals surface area contributed by atoms with E-state index in [9.17, 15) is 0 Å². The Morgan fingerprint density at radius 3 is 1.14 bits per heavy atom. The Labute approximate surface area is 379 Å². The molecule has 0 fully saturated rings. The third-order valence-corrected chi connectivity index (χ3v) is 13.3. The van der Waals surface area contributed by atoms with Crippen molar-refractivity contribution in [2.75, 3.05) is 0 Å². The van der Waals surface area contributed by atoms with E-state index in [2.05, 4.69) is 203 Å². The van der Waals surface area contributed by atoms with Gasteiger partial charge in [0.25, 0.3) is 0 Å². The van der Waals surface area contributed by atoms with Crippen LogP contribution >= 0.6 is 24.4 Å². The van der Waals surface area contributed by atoms with E-state index in [4.69, 9.17) is 34.4 Å². The van der Waals surface area contributed by atoms with Crippen LogP contribution < -0.4 is 0 Å². The topological polar surface area (TPSA) is 60.4 Å². The maximum absolute atomic E-state index is 5.06. The minimum atomic E-state index is 0.257. The number of nitrogens with zero attached hydrogens (tertiary/aromatic N) is 6. The van der Waals surface area contributed by atoms with Crippen LogP contribution in [0, 0.1) is 27.7 Å². The Kier molecular flexibility index (Phi) is 8.57. The molecule has 0 saturated heterocycles. The second kappa shape index (κ2) is 14.4. The molecule has 8 heteroatoms. The van der Waals surface area contributed by atoms with E-state index in [1.807, 2.05) is 0 Å². The van der Waals surface area contributed by atoms with Crippen molar-refractivity contribution in [3.63, 3.8) is 0 Å². The Morgan fingerprint density at radius 2 is 0.781 bits per heavy atom. The van der Waals surface area contributed by atoms with Crippen molar-refractivity contribution in [2.24, 2.45) is 9.98 Å². The Balaban J connectivity index is 1.07. The summed E-state index contributed by atoms with van der Waals surface area (Å²) < 4.78 is 4.80. The number of fused-ring (bicyclic) bond motifs is 9. The minimum Gasteiger partial charge on any atom is -0.309 e. The van der Waals surface area contributed by atoms with Gasteiger partial charge in [0.15, 0.2) is 0 Å². The second-order valence-corrected chi connectivity index (χ2v) is 17.1. The second-order valence-electron chi connectivity index (χ2n) is 16.8. The van der Waals surface area contributed by atoms with Crippen molar-refractivity contribution in [2.45, 2.75) is 27.7 Å². The van der Waals surface area contributed by atoms with Gasteiger partial charge in [0.05, 0.1) is 43.8 Å². The number of benzene rings is 8. The lowest BCUT2D eigenvalue weighted by Gasteiger charge is -2.18. The number of hydrogen-bond donors (Lipinski definition) is 0. The Hall–Kier alpha value is -7.70. The lowest BCUT2D eigenvalue weighted by atomic mass is 9.90. The number of isothiocyanates is 2. The van der Waals surface area contributed by atoms with Gasteiger partial charge in [-0.2, -0.15) is 9.98 Å². The highest BCUT2D eigenvalue weighted by atomic mass is 32.1. The Bertz CT molecular complexity index is 3610. The van der Waals surface area contributed by atoms with E-state index < -0.39 is 0 Å². The standard InChI is InChI=1S/C56H36N6S2/c1-31-23-50(61-46-17-9-5-13-38(46)39-14-6-10-18-47(39)61)33(3)21-42(31)35-25-37-26-36(28-45-52(37)44(27-35)53-54(45)60-56(58-30-64)55(59-53)57-29-63)43-22-34(4)51(24-32(43)2)62-48-19-11-7-15-40(48)41-16-8-12-20-49(41)62/h5-28H,1-4H3. The van der Waals surface area contributed by atoms with E-state index in [-0.39, 0.29) is 11.6 Å². The number of aromatic nitrogens is 4. The van der Waals surface area contributed by atoms with Gasteiger partial charge in [0.2, 0.25) is 11.6 Å². The molecule has 0 bridgehead atoms. The normalized spacial score (nSPS) is 11.8. The average Bonchev–Trinajstić information content (AvgIpc) is 3.94. The summed E-state index contributed by atoms with van der Waals surface area (Å²) in [5.74, 6) is 0.514. The fourth-order valence-electron chi connectivity index (χ4n) is 10.3. The van der Waals surface area contributed by atoms with E-state index in [0.29, 0.717) is 0 Å². The number of para-hydroxylation sites is 4. The molecule has 6 nitrogen and oxygen atoms in total. The predicted octanol–water partition coefficient (Wildman–Crippen LogP) is 15.5. The first-order chi connectivity index (χ1) is 31.3. The predicted molar refractivity (Wildman–Crippen MR) is 272 cm³/mol. The fourth-order valence-corrected chi connectivity index (χ4v) is 10.5. The summed E-state index contributed by atoms with van der Waals surface area (Å²) >= 11 is 10.1. The summed E-state index contributed by atoms with van der Waals surface area (Å²) in [5, 5.41) is 12.1. The number of aryl methyl sites for hydroxylation is 4. The van der Waals surface area contributed by atoms with Crippen LogP contribution in [0.3, 0.4) is 0 Å².